The van der Waals surface area contributed by atoms with Crippen molar-refractivity contribution in [1.29, 1.82) is 0 Å². The fourth-order valence-corrected chi connectivity index (χ4v) is 7.73. The van der Waals surface area contributed by atoms with E-state index in [2.05, 4.69) is 6.92 Å². The van der Waals surface area contributed by atoms with Crippen LogP contribution in [0, 0.1) is 5.92 Å². The Labute approximate surface area is 186 Å². The van der Waals surface area contributed by atoms with E-state index in [1.807, 2.05) is 30.3 Å². The monoisotopic (exact) mass is 462 g/mol. The van der Waals surface area contributed by atoms with Gasteiger partial charge >= 0.3 is 0 Å². The average molecular weight is 463 g/mol. The smallest absolute Gasteiger partial charge is 0.207 e. The normalized spacial score (nSPS) is 24.2. The first-order chi connectivity index (χ1) is 14.8. The molecule has 0 aliphatic carbocycles. The fraction of sp³-hybridized carbons (Fsp3) is 0.478. The largest absolute Gasteiger partial charge is 0.243 e. The summed E-state index contributed by atoms with van der Waals surface area (Å²) in [5.74, 6) is 0.505. The van der Waals surface area contributed by atoms with Crippen molar-refractivity contribution in [2.24, 2.45) is 5.92 Å². The van der Waals surface area contributed by atoms with Gasteiger partial charge in [-0.2, -0.15) is 8.61 Å². The summed E-state index contributed by atoms with van der Waals surface area (Å²) in [6.45, 7) is 4.01. The first-order valence-electron chi connectivity index (χ1n) is 10.9. The highest BCUT2D eigenvalue weighted by molar-refractivity contribution is 7.89. The SMILES string of the molecule is C[C@@H]1CCCN(S(=O)(=O)c2ccc(S(=O)(=O)N3CCC[C@H](c4ccccc4)C3)cc2)C1. The molecular weight excluding hydrogens is 432 g/mol. The highest BCUT2D eigenvalue weighted by Crippen LogP contribution is 2.31. The van der Waals surface area contributed by atoms with Gasteiger partial charge in [-0.15, -0.1) is 0 Å². The van der Waals surface area contributed by atoms with Gasteiger partial charge in [-0.05, 0) is 67.3 Å². The number of piperidine rings is 2. The summed E-state index contributed by atoms with van der Waals surface area (Å²) in [5.41, 5.74) is 1.15. The number of sulfonamides is 2. The molecular formula is C23H30N2O4S2. The molecule has 2 aliphatic rings. The number of hydrogen-bond acceptors (Lipinski definition) is 4. The van der Waals surface area contributed by atoms with Crippen molar-refractivity contribution in [3.05, 3.63) is 60.2 Å². The first-order valence-corrected chi connectivity index (χ1v) is 13.8. The lowest BCUT2D eigenvalue weighted by Gasteiger charge is -2.32. The third-order valence-corrected chi connectivity index (χ3v) is 10.1. The minimum atomic E-state index is -3.67. The van der Waals surface area contributed by atoms with E-state index in [1.165, 1.54) is 32.9 Å². The Kier molecular flexibility index (Phi) is 6.53. The Morgan fingerprint density at radius 2 is 1.23 bits per heavy atom. The van der Waals surface area contributed by atoms with Crippen molar-refractivity contribution in [2.45, 2.75) is 48.3 Å². The van der Waals surface area contributed by atoms with Gasteiger partial charge in [0, 0.05) is 26.2 Å². The molecule has 2 aromatic rings. The minimum Gasteiger partial charge on any atom is -0.207 e. The van der Waals surface area contributed by atoms with Crippen molar-refractivity contribution in [3.63, 3.8) is 0 Å². The highest BCUT2D eigenvalue weighted by atomic mass is 32.2. The van der Waals surface area contributed by atoms with Crippen molar-refractivity contribution in [1.82, 2.24) is 8.61 Å². The lowest BCUT2D eigenvalue weighted by atomic mass is 9.92. The van der Waals surface area contributed by atoms with Gasteiger partial charge in [0.2, 0.25) is 20.0 Å². The molecule has 0 unspecified atom stereocenters. The van der Waals surface area contributed by atoms with Crippen LogP contribution in [0.2, 0.25) is 0 Å². The molecule has 2 atom stereocenters. The average Bonchev–Trinajstić information content (AvgIpc) is 2.80. The predicted octanol–water partition coefficient (Wildman–Crippen LogP) is 3.68. The third kappa shape index (κ3) is 4.72. The number of benzene rings is 2. The number of rotatable bonds is 5. The van der Waals surface area contributed by atoms with Crippen molar-refractivity contribution in [2.75, 3.05) is 26.2 Å². The molecule has 0 N–H and O–H groups in total. The molecule has 0 aromatic heterocycles. The molecule has 2 fully saturated rings. The molecule has 0 saturated carbocycles. The molecule has 31 heavy (non-hydrogen) atoms. The summed E-state index contributed by atoms with van der Waals surface area (Å²) < 4.78 is 55.4. The summed E-state index contributed by atoms with van der Waals surface area (Å²) in [6.07, 6.45) is 3.65. The molecule has 2 heterocycles. The molecule has 0 bridgehead atoms. The molecule has 2 aliphatic heterocycles. The molecule has 0 spiro atoms. The van der Waals surface area contributed by atoms with Gasteiger partial charge in [0.1, 0.15) is 0 Å². The van der Waals surface area contributed by atoms with E-state index in [0.717, 1.165) is 31.2 Å². The van der Waals surface area contributed by atoms with Crippen LogP contribution in [0.4, 0.5) is 0 Å². The molecule has 2 aromatic carbocycles. The molecule has 0 amide bonds. The lowest BCUT2D eigenvalue weighted by Crippen LogP contribution is -2.39. The second kappa shape index (κ2) is 9.02. The second-order valence-corrected chi connectivity index (χ2v) is 12.6. The van der Waals surface area contributed by atoms with Crippen LogP contribution in [0.3, 0.4) is 0 Å². The van der Waals surface area contributed by atoms with Crippen LogP contribution in [-0.2, 0) is 20.0 Å². The maximum Gasteiger partial charge on any atom is 0.243 e. The highest BCUT2D eigenvalue weighted by Gasteiger charge is 2.32. The standard InChI is InChI=1S/C23H30N2O4S2/c1-19-7-5-15-24(17-19)30(26,27)22-11-13-23(14-12-22)31(28,29)25-16-6-10-21(18-25)20-8-3-2-4-9-20/h2-4,8-9,11-14,19,21H,5-7,10,15-18H2,1H3/t19-,21+/m1/s1. The summed E-state index contributed by atoms with van der Waals surface area (Å²) in [4.78, 5) is 0.300. The van der Waals surface area contributed by atoms with Gasteiger partial charge in [0.25, 0.3) is 0 Å². The minimum absolute atomic E-state index is 0.146. The van der Waals surface area contributed by atoms with Crippen molar-refractivity contribution < 1.29 is 16.8 Å². The molecule has 4 rings (SSSR count). The Morgan fingerprint density at radius 3 is 1.77 bits per heavy atom. The van der Waals surface area contributed by atoms with E-state index in [-0.39, 0.29) is 15.7 Å². The van der Waals surface area contributed by atoms with Gasteiger partial charge in [0.15, 0.2) is 0 Å². The van der Waals surface area contributed by atoms with Crippen molar-refractivity contribution in [3.8, 4) is 0 Å². The molecule has 2 saturated heterocycles. The third-order valence-electron chi connectivity index (χ3n) is 6.37. The van der Waals surface area contributed by atoms with E-state index in [9.17, 15) is 16.8 Å². The van der Waals surface area contributed by atoms with Crippen molar-refractivity contribution >= 4 is 20.0 Å². The predicted molar refractivity (Wildman–Crippen MR) is 121 cm³/mol. The zero-order valence-electron chi connectivity index (χ0n) is 17.9. The van der Waals surface area contributed by atoms with Crippen LogP contribution in [0.5, 0.6) is 0 Å². The zero-order chi connectivity index (χ0) is 22.1. The summed E-state index contributed by atoms with van der Waals surface area (Å²) in [5, 5.41) is 0. The summed E-state index contributed by atoms with van der Waals surface area (Å²) >= 11 is 0. The Balaban J connectivity index is 1.52. The van der Waals surface area contributed by atoms with E-state index < -0.39 is 20.0 Å². The molecule has 168 valence electrons. The number of hydrogen-bond donors (Lipinski definition) is 0. The van der Waals surface area contributed by atoms with Crippen LogP contribution in [-0.4, -0.2) is 51.6 Å². The number of nitrogens with zero attached hydrogens (tertiary/aromatic N) is 2. The fourth-order valence-electron chi connectivity index (χ4n) is 4.60. The molecule has 8 heteroatoms. The second-order valence-electron chi connectivity index (χ2n) is 8.69. The van der Waals surface area contributed by atoms with Gasteiger partial charge in [-0.25, -0.2) is 16.8 Å². The van der Waals surface area contributed by atoms with Crippen LogP contribution < -0.4 is 0 Å². The van der Waals surface area contributed by atoms with Gasteiger partial charge < -0.3 is 0 Å². The van der Waals surface area contributed by atoms with Crippen LogP contribution in [0.25, 0.3) is 0 Å². The lowest BCUT2D eigenvalue weighted by molar-refractivity contribution is 0.281. The molecule has 0 radical (unpaired) electrons. The first kappa shape index (κ1) is 22.5. The van der Waals surface area contributed by atoms with E-state index in [4.69, 9.17) is 0 Å². The molecule has 6 nitrogen and oxygen atoms in total. The maximum absolute atomic E-state index is 13.2. The Hall–Kier alpha value is -1.74. The van der Waals surface area contributed by atoms with Crippen LogP contribution >= 0.6 is 0 Å². The van der Waals surface area contributed by atoms with Crippen LogP contribution in [0.15, 0.2) is 64.4 Å². The topological polar surface area (TPSA) is 74.8 Å². The Bertz CT molecular complexity index is 1100. The van der Waals surface area contributed by atoms with E-state index >= 15 is 0 Å². The summed E-state index contributed by atoms with van der Waals surface area (Å²) in [7, 11) is -7.28. The van der Waals surface area contributed by atoms with Crippen LogP contribution in [0.1, 0.15) is 44.1 Å². The van der Waals surface area contributed by atoms with Gasteiger partial charge in [-0.3, -0.25) is 0 Å². The zero-order valence-corrected chi connectivity index (χ0v) is 19.5. The van der Waals surface area contributed by atoms with E-state index in [0.29, 0.717) is 32.1 Å². The quantitative estimate of drug-likeness (QED) is 0.679. The van der Waals surface area contributed by atoms with Gasteiger partial charge in [-0.1, -0.05) is 37.3 Å². The van der Waals surface area contributed by atoms with Gasteiger partial charge in [0.05, 0.1) is 9.79 Å². The summed E-state index contributed by atoms with van der Waals surface area (Å²) in [6, 6.07) is 15.7. The Morgan fingerprint density at radius 1 is 0.710 bits per heavy atom. The maximum atomic E-state index is 13.2. The van der Waals surface area contributed by atoms with E-state index in [1.54, 1.807) is 0 Å².